The molecule has 0 aromatic carbocycles. The summed E-state index contributed by atoms with van der Waals surface area (Å²) < 4.78 is 11.1. The van der Waals surface area contributed by atoms with Crippen LogP contribution in [0.1, 0.15) is 28.0 Å². The number of aromatic nitrogens is 4. The monoisotopic (exact) mass is 374 g/mol. The maximum absolute atomic E-state index is 12.9. The maximum Gasteiger partial charge on any atom is 0.261 e. The average Bonchev–Trinajstić information content (AvgIpc) is 3.25. The number of furan rings is 1. The first-order valence-electron chi connectivity index (χ1n) is 8.38. The molecule has 0 saturated carbocycles. The van der Waals surface area contributed by atoms with Gasteiger partial charge >= 0.3 is 0 Å². The molecule has 1 aliphatic heterocycles. The third-order valence-electron chi connectivity index (χ3n) is 4.17. The van der Waals surface area contributed by atoms with E-state index in [1.54, 1.807) is 6.92 Å². The summed E-state index contributed by atoms with van der Waals surface area (Å²) in [6.45, 7) is 6.38. The minimum atomic E-state index is -0.302. The summed E-state index contributed by atoms with van der Waals surface area (Å²) in [5.74, 6) is 0.879. The van der Waals surface area contributed by atoms with Crippen molar-refractivity contribution < 1.29 is 13.9 Å². The van der Waals surface area contributed by atoms with E-state index in [2.05, 4.69) is 30.4 Å². The molecule has 0 atom stereocenters. The number of fused-ring (bicyclic) bond motifs is 1. The number of nitrogens with one attached hydrogen (secondary N) is 1. The van der Waals surface area contributed by atoms with Crippen molar-refractivity contribution in [1.29, 1.82) is 0 Å². The Kier molecular flexibility index (Phi) is 4.51. The first-order chi connectivity index (χ1) is 12.7. The summed E-state index contributed by atoms with van der Waals surface area (Å²) in [6, 6.07) is 0. The summed E-state index contributed by atoms with van der Waals surface area (Å²) in [5.41, 5.74) is 0.825. The van der Waals surface area contributed by atoms with E-state index in [1.807, 2.05) is 6.92 Å². The fourth-order valence-electron chi connectivity index (χ4n) is 2.92. The van der Waals surface area contributed by atoms with Gasteiger partial charge in [0, 0.05) is 13.1 Å². The highest BCUT2D eigenvalue weighted by Gasteiger charge is 2.26. The highest BCUT2D eigenvalue weighted by molar-refractivity contribution is 7.15. The lowest BCUT2D eigenvalue weighted by atomic mass is 10.1. The Hall–Kier alpha value is -2.59. The van der Waals surface area contributed by atoms with Gasteiger partial charge in [-0.1, -0.05) is 18.3 Å². The van der Waals surface area contributed by atoms with Crippen molar-refractivity contribution in [3.8, 4) is 0 Å². The summed E-state index contributed by atoms with van der Waals surface area (Å²) in [7, 11) is 0. The third kappa shape index (κ3) is 3.01. The van der Waals surface area contributed by atoms with Crippen molar-refractivity contribution in [2.24, 2.45) is 0 Å². The Bertz CT molecular complexity index is 947. The molecule has 0 bridgehead atoms. The van der Waals surface area contributed by atoms with Crippen LogP contribution >= 0.6 is 11.3 Å². The van der Waals surface area contributed by atoms with E-state index < -0.39 is 0 Å². The highest BCUT2D eigenvalue weighted by Crippen LogP contribution is 2.32. The van der Waals surface area contributed by atoms with Crippen molar-refractivity contribution in [2.75, 3.05) is 36.5 Å². The van der Waals surface area contributed by atoms with Gasteiger partial charge in [-0.2, -0.15) is 0 Å². The Labute approximate surface area is 153 Å². The average molecular weight is 374 g/mol. The Balaban J connectivity index is 1.73. The Morgan fingerprint density at radius 3 is 2.85 bits per heavy atom. The molecular weight excluding hydrogens is 356 g/mol. The van der Waals surface area contributed by atoms with Gasteiger partial charge < -0.3 is 14.1 Å². The number of amides is 1. The predicted molar refractivity (Wildman–Crippen MR) is 96.8 cm³/mol. The zero-order valence-corrected chi connectivity index (χ0v) is 15.3. The molecule has 10 heteroatoms. The van der Waals surface area contributed by atoms with Crippen LogP contribution in [0.25, 0.3) is 11.1 Å². The van der Waals surface area contributed by atoms with Crippen LogP contribution < -0.4 is 10.2 Å². The Morgan fingerprint density at radius 1 is 1.31 bits per heavy atom. The second kappa shape index (κ2) is 6.96. The molecule has 4 heterocycles. The number of rotatable bonds is 4. The minimum absolute atomic E-state index is 0.302. The van der Waals surface area contributed by atoms with Crippen LogP contribution in [-0.2, 0) is 11.2 Å². The van der Waals surface area contributed by atoms with Gasteiger partial charge in [0.05, 0.1) is 24.2 Å². The van der Waals surface area contributed by atoms with E-state index in [9.17, 15) is 4.79 Å². The molecule has 1 fully saturated rings. The quantitative estimate of drug-likeness (QED) is 0.739. The molecule has 3 aromatic heterocycles. The van der Waals surface area contributed by atoms with Crippen LogP contribution in [0.2, 0.25) is 0 Å². The molecule has 9 nitrogen and oxygen atoms in total. The first kappa shape index (κ1) is 16.9. The second-order valence-electron chi connectivity index (χ2n) is 5.82. The number of carbonyl (C=O) groups excluding carboxylic acids is 1. The van der Waals surface area contributed by atoms with Gasteiger partial charge in [-0.25, -0.2) is 9.97 Å². The summed E-state index contributed by atoms with van der Waals surface area (Å²) in [4.78, 5) is 23.6. The fraction of sp³-hybridized carbons (Fsp3) is 0.438. The van der Waals surface area contributed by atoms with Gasteiger partial charge in [0.25, 0.3) is 5.91 Å². The van der Waals surface area contributed by atoms with Gasteiger partial charge in [-0.05, 0) is 13.3 Å². The number of hydrogen-bond donors (Lipinski definition) is 1. The minimum Gasteiger partial charge on any atom is -0.442 e. The van der Waals surface area contributed by atoms with Gasteiger partial charge in [0.1, 0.15) is 22.9 Å². The molecule has 1 amide bonds. The topological polar surface area (TPSA) is 106 Å². The van der Waals surface area contributed by atoms with Gasteiger partial charge in [-0.3, -0.25) is 10.1 Å². The zero-order valence-electron chi connectivity index (χ0n) is 14.5. The van der Waals surface area contributed by atoms with Crippen molar-refractivity contribution in [3.63, 3.8) is 0 Å². The lowest BCUT2D eigenvalue weighted by Crippen LogP contribution is -2.37. The number of aryl methyl sites for hydroxylation is 2. The second-order valence-corrected chi connectivity index (χ2v) is 6.88. The van der Waals surface area contributed by atoms with Crippen LogP contribution in [0.3, 0.4) is 0 Å². The molecule has 136 valence electrons. The van der Waals surface area contributed by atoms with Crippen LogP contribution in [0.15, 0.2) is 10.7 Å². The molecule has 3 aromatic rings. The molecule has 0 radical (unpaired) electrons. The number of hydrogen-bond acceptors (Lipinski definition) is 9. The predicted octanol–water partition coefficient (Wildman–Crippen LogP) is 2.03. The SMILES string of the molecule is CCc1nnc(NC(=O)c2c(C)oc3ncnc(N4CCOCC4)c23)s1. The standard InChI is InChI=1S/C16H18N6O3S/c1-3-10-20-21-16(26-10)19-14(23)11-9(2)25-15-12(11)13(17-8-18-15)22-4-6-24-7-5-22/h8H,3-7H2,1-2H3,(H,19,21,23). The lowest BCUT2D eigenvalue weighted by Gasteiger charge is -2.28. The van der Waals surface area contributed by atoms with Gasteiger partial charge in [0.2, 0.25) is 10.8 Å². The molecule has 1 saturated heterocycles. The Morgan fingerprint density at radius 2 is 2.12 bits per heavy atom. The van der Waals surface area contributed by atoms with E-state index in [0.717, 1.165) is 11.4 Å². The van der Waals surface area contributed by atoms with Crippen molar-refractivity contribution in [3.05, 3.63) is 22.7 Å². The first-order valence-corrected chi connectivity index (χ1v) is 9.19. The van der Waals surface area contributed by atoms with Gasteiger partial charge in [0.15, 0.2) is 0 Å². The summed E-state index contributed by atoms with van der Waals surface area (Å²) >= 11 is 1.36. The van der Waals surface area contributed by atoms with Crippen molar-refractivity contribution in [1.82, 2.24) is 20.2 Å². The van der Waals surface area contributed by atoms with Crippen molar-refractivity contribution in [2.45, 2.75) is 20.3 Å². The van der Waals surface area contributed by atoms with Gasteiger partial charge in [-0.15, -0.1) is 10.2 Å². The number of anilines is 2. The summed E-state index contributed by atoms with van der Waals surface area (Å²) in [5, 5.41) is 12.8. The molecular formula is C16H18N6O3S. The molecule has 0 unspecified atom stereocenters. The largest absolute Gasteiger partial charge is 0.442 e. The van der Waals surface area contributed by atoms with E-state index in [4.69, 9.17) is 9.15 Å². The number of morpholine rings is 1. The van der Waals surface area contributed by atoms with Crippen LogP contribution in [0, 0.1) is 6.92 Å². The van der Waals surface area contributed by atoms with Crippen LogP contribution in [-0.4, -0.2) is 52.4 Å². The smallest absolute Gasteiger partial charge is 0.261 e. The summed E-state index contributed by atoms with van der Waals surface area (Å²) in [6.07, 6.45) is 2.23. The fourth-order valence-corrected chi connectivity index (χ4v) is 3.60. The van der Waals surface area contributed by atoms with E-state index >= 15 is 0 Å². The molecule has 0 aliphatic carbocycles. The normalized spacial score (nSPS) is 14.8. The number of carbonyl (C=O) groups is 1. The number of nitrogens with zero attached hydrogens (tertiary/aromatic N) is 5. The van der Waals surface area contributed by atoms with E-state index in [1.165, 1.54) is 17.7 Å². The van der Waals surface area contributed by atoms with Crippen LogP contribution in [0.4, 0.5) is 10.9 Å². The van der Waals surface area contributed by atoms with E-state index in [0.29, 0.717) is 59.7 Å². The molecule has 1 N–H and O–H groups in total. The van der Waals surface area contributed by atoms with Crippen molar-refractivity contribution >= 4 is 39.3 Å². The molecule has 4 rings (SSSR count). The van der Waals surface area contributed by atoms with Crippen LogP contribution in [0.5, 0.6) is 0 Å². The molecule has 26 heavy (non-hydrogen) atoms. The maximum atomic E-state index is 12.9. The third-order valence-corrected chi connectivity index (χ3v) is 5.15. The molecule has 0 spiro atoms. The number of ether oxygens (including phenoxy) is 1. The zero-order chi connectivity index (χ0) is 18.1. The lowest BCUT2D eigenvalue weighted by molar-refractivity contribution is 0.102. The molecule has 1 aliphatic rings. The van der Waals surface area contributed by atoms with E-state index in [-0.39, 0.29) is 5.91 Å². The highest BCUT2D eigenvalue weighted by atomic mass is 32.1.